The van der Waals surface area contributed by atoms with Gasteiger partial charge in [0.1, 0.15) is 17.7 Å². The van der Waals surface area contributed by atoms with Crippen molar-refractivity contribution in [2.75, 3.05) is 0 Å². The summed E-state index contributed by atoms with van der Waals surface area (Å²) in [5.41, 5.74) is 15.5. The summed E-state index contributed by atoms with van der Waals surface area (Å²) in [6.45, 7) is 0. The fraction of sp³-hybridized carbons (Fsp3) is 0.0392. The number of amidine groups is 2. The van der Waals surface area contributed by atoms with Gasteiger partial charge in [-0.3, -0.25) is 4.98 Å². The second-order valence-electron chi connectivity index (χ2n) is 14.7. The van der Waals surface area contributed by atoms with E-state index in [4.69, 9.17) is 15.0 Å². The summed E-state index contributed by atoms with van der Waals surface area (Å²) in [5, 5.41) is 5.84. The second kappa shape index (κ2) is 12.0. The van der Waals surface area contributed by atoms with Crippen LogP contribution in [0.4, 0.5) is 0 Å². The molecule has 3 heterocycles. The van der Waals surface area contributed by atoms with Gasteiger partial charge >= 0.3 is 0 Å². The van der Waals surface area contributed by atoms with E-state index in [0.717, 1.165) is 33.4 Å². The Hall–Kier alpha value is -6.95. The summed E-state index contributed by atoms with van der Waals surface area (Å²) < 4.78 is 2.38. The Balaban J connectivity index is 1.05. The maximum Gasteiger partial charge on any atom is 0.178 e. The van der Waals surface area contributed by atoms with Crippen molar-refractivity contribution in [2.24, 2.45) is 9.98 Å². The molecule has 0 amide bonds. The van der Waals surface area contributed by atoms with Gasteiger partial charge < -0.3 is 5.32 Å². The van der Waals surface area contributed by atoms with E-state index in [-0.39, 0.29) is 11.6 Å². The topological polar surface area (TPSA) is 49.6 Å². The van der Waals surface area contributed by atoms with E-state index in [1.54, 1.807) is 11.3 Å². The van der Waals surface area contributed by atoms with Crippen molar-refractivity contribution in [2.45, 2.75) is 11.6 Å². The molecule has 0 saturated carbocycles. The van der Waals surface area contributed by atoms with Gasteiger partial charge in [-0.1, -0.05) is 152 Å². The molecule has 7 aromatic carbocycles. The summed E-state index contributed by atoms with van der Waals surface area (Å²) in [6.07, 6.45) is 1.59. The standard InChI is InChI=1S/C51H32N4S/c1-3-13-31(14-4-1)48-53-49(32-15-5-2-6-16-32)55-50(54-48)47-46-39-29-33(24-26-44(39)56-45(46)27-28-52-47)34-23-25-38-37-19-9-12-22-42(37)51(43(38)30-34)40-20-10-7-17-35(40)36-18-8-11-21-41(36)51/h1-30,48H,(H,53,54,55). The Kier molecular flexibility index (Phi) is 6.74. The molecular weight excluding hydrogens is 701 g/mol. The Morgan fingerprint density at radius 3 is 1.79 bits per heavy atom. The first-order chi connectivity index (χ1) is 27.8. The number of nitrogens with one attached hydrogen (secondary N) is 1. The molecule has 0 fully saturated rings. The predicted molar refractivity (Wildman–Crippen MR) is 231 cm³/mol. The van der Waals surface area contributed by atoms with Gasteiger partial charge in [0.25, 0.3) is 0 Å². The van der Waals surface area contributed by atoms with E-state index >= 15 is 0 Å². The molecule has 0 saturated heterocycles. The van der Waals surface area contributed by atoms with E-state index in [2.05, 4.69) is 157 Å². The molecule has 1 unspecified atom stereocenters. The molecule has 56 heavy (non-hydrogen) atoms. The van der Waals surface area contributed by atoms with Crippen molar-refractivity contribution in [1.82, 2.24) is 10.3 Å². The number of hydrogen-bond acceptors (Lipinski definition) is 5. The van der Waals surface area contributed by atoms with Crippen LogP contribution < -0.4 is 5.32 Å². The lowest BCUT2D eigenvalue weighted by atomic mass is 9.70. The van der Waals surface area contributed by atoms with Crippen molar-refractivity contribution in [1.29, 1.82) is 0 Å². The van der Waals surface area contributed by atoms with Crippen LogP contribution in [0.25, 0.3) is 53.6 Å². The van der Waals surface area contributed by atoms with Crippen LogP contribution in [0.15, 0.2) is 192 Å². The van der Waals surface area contributed by atoms with Gasteiger partial charge in [-0.15, -0.1) is 11.3 Å². The first-order valence-corrected chi connectivity index (χ1v) is 19.9. The highest BCUT2D eigenvalue weighted by Gasteiger charge is 2.51. The van der Waals surface area contributed by atoms with Crippen molar-refractivity contribution in [3.05, 3.63) is 221 Å². The highest BCUT2D eigenvalue weighted by molar-refractivity contribution is 7.25. The molecule has 1 aliphatic heterocycles. The molecule has 4 nitrogen and oxygen atoms in total. The number of aromatic nitrogens is 1. The first kappa shape index (κ1) is 31.4. The summed E-state index contributed by atoms with van der Waals surface area (Å²) in [4.78, 5) is 15.4. The Morgan fingerprint density at radius 2 is 1.09 bits per heavy atom. The number of hydrogen-bond donors (Lipinski definition) is 1. The third-order valence-electron chi connectivity index (χ3n) is 11.8. The van der Waals surface area contributed by atoms with E-state index < -0.39 is 0 Å². The quantitative estimate of drug-likeness (QED) is 0.196. The number of pyridine rings is 1. The fourth-order valence-electron chi connectivity index (χ4n) is 9.45. The third-order valence-corrected chi connectivity index (χ3v) is 13.0. The molecule has 0 radical (unpaired) electrons. The molecule has 3 aliphatic rings. The maximum absolute atomic E-state index is 5.21. The average molecular weight is 733 g/mol. The minimum absolute atomic E-state index is 0.301. The average Bonchev–Trinajstić information content (AvgIpc) is 3.90. The summed E-state index contributed by atoms with van der Waals surface area (Å²) >= 11 is 1.79. The summed E-state index contributed by atoms with van der Waals surface area (Å²) in [5.74, 6) is 1.41. The molecule has 12 rings (SSSR count). The Morgan fingerprint density at radius 1 is 0.500 bits per heavy atom. The largest absolute Gasteiger partial charge is 0.344 e. The van der Waals surface area contributed by atoms with Crippen LogP contribution in [0, 0.1) is 0 Å². The number of nitrogens with zero attached hydrogens (tertiary/aromatic N) is 3. The highest BCUT2D eigenvalue weighted by atomic mass is 32.1. The lowest BCUT2D eigenvalue weighted by molar-refractivity contribution is 0.674. The number of benzene rings is 7. The normalized spacial score (nSPS) is 15.8. The van der Waals surface area contributed by atoms with Gasteiger partial charge in [0.15, 0.2) is 5.84 Å². The van der Waals surface area contributed by atoms with Crippen molar-refractivity contribution >= 4 is 43.2 Å². The number of aliphatic imine (C=N–C) groups is 2. The third kappa shape index (κ3) is 4.43. The predicted octanol–water partition coefficient (Wildman–Crippen LogP) is 12.0. The highest BCUT2D eigenvalue weighted by Crippen LogP contribution is 2.63. The minimum atomic E-state index is -0.387. The van der Waals surface area contributed by atoms with E-state index in [0.29, 0.717) is 5.84 Å². The molecule has 262 valence electrons. The molecular formula is C51H32N4S. The summed E-state index contributed by atoms with van der Waals surface area (Å²) in [6, 6.07) is 63.7. The molecule has 2 aromatic heterocycles. The maximum atomic E-state index is 5.21. The van der Waals surface area contributed by atoms with Crippen LogP contribution >= 0.6 is 11.3 Å². The van der Waals surface area contributed by atoms with Gasteiger partial charge in [-0.05, 0) is 85.5 Å². The lowest BCUT2D eigenvalue weighted by Gasteiger charge is -2.30. The smallest absolute Gasteiger partial charge is 0.178 e. The first-order valence-electron chi connectivity index (χ1n) is 19.0. The molecule has 0 bridgehead atoms. The van der Waals surface area contributed by atoms with E-state index in [1.165, 1.54) is 65.0 Å². The monoisotopic (exact) mass is 732 g/mol. The van der Waals surface area contributed by atoms with Crippen LogP contribution in [-0.4, -0.2) is 16.7 Å². The molecule has 2 aliphatic carbocycles. The van der Waals surface area contributed by atoms with Crippen molar-refractivity contribution in [3.63, 3.8) is 0 Å². The van der Waals surface area contributed by atoms with E-state index in [9.17, 15) is 0 Å². The number of rotatable bonds is 4. The molecule has 1 N–H and O–H groups in total. The zero-order valence-electron chi connectivity index (χ0n) is 30.1. The Labute approximate surface area is 328 Å². The molecule has 1 atom stereocenters. The Bertz CT molecular complexity index is 3060. The number of fused-ring (bicyclic) bond motifs is 13. The van der Waals surface area contributed by atoms with Gasteiger partial charge in [-0.25, -0.2) is 9.98 Å². The van der Waals surface area contributed by atoms with Crippen LogP contribution in [0.5, 0.6) is 0 Å². The van der Waals surface area contributed by atoms with Gasteiger partial charge in [-0.2, -0.15) is 0 Å². The number of thiophene rings is 1. The lowest BCUT2D eigenvalue weighted by Crippen LogP contribution is -2.33. The molecule has 5 heteroatoms. The fourth-order valence-corrected chi connectivity index (χ4v) is 10.5. The minimum Gasteiger partial charge on any atom is -0.344 e. The van der Waals surface area contributed by atoms with Crippen LogP contribution in [0.2, 0.25) is 0 Å². The molecule has 1 spiro atoms. The van der Waals surface area contributed by atoms with Crippen LogP contribution in [0.3, 0.4) is 0 Å². The van der Waals surface area contributed by atoms with Crippen LogP contribution in [0.1, 0.15) is 45.2 Å². The van der Waals surface area contributed by atoms with Gasteiger partial charge in [0, 0.05) is 31.9 Å². The molecule has 9 aromatic rings. The van der Waals surface area contributed by atoms with Gasteiger partial charge in [0.2, 0.25) is 0 Å². The van der Waals surface area contributed by atoms with E-state index in [1.807, 2.05) is 30.5 Å². The van der Waals surface area contributed by atoms with Gasteiger partial charge in [0.05, 0.1) is 5.41 Å². The van der Waals surface area contributed by atoms with Crippen molar-refractivity contribution in [3.8, 4) is 33.4 Å². The van der Waals surface area contributed by atoms with Crippen LogP contribution in [-0.2, 0) is 5.41 Å². The SMILES string of the molecule is c1ccc(C2=NC(c3nccc4sc5ccc(-c6ccc7c(c6)C6(c8ccccc8-c8ccccc86)c6ccccc6-7)cc5c34)=NC(c3ccccc3)N2)cc1. The van der Waals surface area contributed by atoms with Crippen molar-refractivity contribution < 1.29 is 0 Å². The zero-order chi connectivity index (χ0) is 36.8. The zero-order valence-corrected chi connectivity index (χ0v) is 31.0. The summed E-state index contributed by atoms with van der Waals surface area (Å²) in [7, 11) is 0. The second-order valence-corrected chi connectivity index (χ2v) is 15.8.